The normalized spacial score (nSPS) is 16.4. The molecule has 1 fully saturated rings. The van der Waals surface area contributed by atoms with Gasteiger partial charge in [-0.3, -0.25) is 4.79 Å². The molecule has 1 amide bonds. The molecule has 2 aromatic carbocycles. The molecule has 3 nitrogen and oxygen atoms in total. The number of unbranched alkanes of at least 4 members (excludes halogenated alkanes) is 1. The minimum atomic E-state index is -0.220. The Labute approximate surface area is 178 Å². The monoisotopic (exact) mass is 428 g/mol. The zero-order valence-electron chi connectivity index (χ0n) is 16.3. The fourth-order valence-electron chi connectivity index (χ4n) is 3.65. The van der Waals surface area contributed by atoms with Gasteiger partial charge in [-0.2, -0.15) is 0 Å². The van der Waals surface area contributed by atoms with Gasteiger partial charge < -0.3 is 9.88 Å². The molecule has 2 heterocycles. The number of carbonyl (C=O) groups is 1. The second kappa shape index (κ2) is 9.72. The van der Waals surface area contributed by atoms with Gasteiger partial charge in [-0.15, -0.1) is 0 Å². The van der Waals surface area contributed by atoms with Crippen LogP contribution >= 0.6 is 21.6 Å². The largest absolute Gasteiger partial charge is 0.343 e. The van der Waals surface area contributed by atoms with Crippen LogP contribution < -0.4 is 5.32 Å². The molecule has 1 aromatic heterocycles. The van der Waals surface area contributed by atoms with Crippen LogP contribution in [0.4, 0.5) is 10.1 Å². The van der Waals surface area contributed by atoms with Crippen molar-refractivity contribution in [1.82, 2.24) is 4.57 Å². The van der Waals surface area contributed by atoms with E-state index in [4.69, 9.17) is 0 Å². The average molecular weight is 429 g/mol. The van der Waals surface area contributed by atoms with Crippen LogP contribution in [-0.4, -0.2) is 21.5 Å². The highest BCUT2D eigenvalue weighted by atomic mass is 33.1. The average Bonchev–Trinajstić information content (AvgIpc) is 3.37. The van der Waals surface area contributed by atoms with Crippen molar-refractivity contribution >= 4 is 44.1 Å². The van der Waals surface area contributed by atoms with E-state index >= 15 is 0 Å². The van der Waals surface area contributed by atoms with Crippen molar-refractivity contribution in [1.29, 1.82) is 0 Å². The van der Waals surface area contributed by atoms with Crippen molar-refractivity contribution < 1.29 is 9.18 Å². The first-order valence-corrected chi connectivity index (χ1v) is 12.5. The van der Waals surface area contributed by atoms with Crippen LogP contribution in [-0.2, 0) is 11.3 Å². The lowest BCUT2D eigenvalue weighted by atomic mass is 10.1. The number of nitrogens with one attached hydrogen (secondary N) is 1. The van der Waals surface area contributed by atoms with Crippen molar-refractivity contribution in [2.24, 2.45) is 0 Å². The Morgan fingerprint density at radius 1 is 1.14 bits per heavy atom. The number of hydrogen-bond acceptors (Lipinski definition) is 3. The standard InChI is InChI=1S/C23H25FN2OS2/c24-19-7-5-17(6-8-19)16-26-13-11-18-15-20(9-10-22(18)26)25-23(27)4-2-1-3-21-12-14-28-29-21/h5-11,13,15,21H,1-4,12,14,16H2,(H,25,27). The Balaban J connectivity index is 1.30. The zero-order chi connectivity index (χ0) is 20.1. The number of rotatable bonds is 8. The van der Waals surface area contributed by atoms with E-state index in [9.17, 15) is 9.18 Å². The molecule has 1 unspecified atom stereocenters. The molecule has 152 valence electrons. The molecule has 29 heavy (non-hydrogen) atoms. The maximum absolute atomic E-state index is 13.1. The molecular formula is C23H25FN2OS2. The van der Waals surface area contributed by atoms with Crippen molar-refractivity contribution in [3.63, 3.8) is 0 Å². The first-order valence-electron chi connectivity index (χ1n) is 10.1. The van der Waals surface area contributed by atoms with Gasteiger partial charge in [0.25, 0.3) is 0 Å². The van der Waals surface area contributed by atoms with Crippen molar-refractivity contribution in [3.8, 4) is 0 Å². The van der Waals surface area contributed by atoms with Gasteiger partial charge in [0.1, 0.15) is 5.82 Å². The highest BCUT2D eigenvalue weighted by Gasteiger charge is 2.16. The molecule has 1 N–H and O–H groups in total. The fraction of sp³-hybridized carbons (Fsp3) is 0.348. The van der Waals surface area contributed by atoms with Crippen LogP contribution in [0.15, 0.2) is 54.7 Å². The van der Waals surface area contributed by atoms with Crippen LogP contribution in [0.2, 0.25) is 0 Å². The molecule has 1 aliphatic rings. The molecular weight excluding hydrogens is 403 g/mol. The lowest BCUT2D eigenvalue weighted by molar-refractivity contribution is -0.116. The predicted octanol–water partition coefficient (Wildman–Crippen LogP) is 6.48. The minimum absolute atomic E-state index is 0.0866. The molecule has 0 spiro atoms. The molecule has 1 saturated heterocycles. The molecule has 3 aromatic rings. The number of carbonyl (C=O) groups excluding carboxylic acids is 1. The molecule has 6 heteroatoms. The first-order chi connectivity index (χ1) is 14.2. The number of aromatic nitrogens is 1. The highest BCUT2D eigenvalue weighted by molar-refractivity contribution is 8.77. The first kappa shape index (κ1) is 20.4. The summed E-state index contributed by atoms with van der Waals surface area (Å²) in [5, 5.41) is 4.89. The third-order valence-electron chi connectivity index (χ3n) is 5.23. The molecule has 4 rings (SSSR count). The summed E-state index contributed by atoms with van der Waals surface area (Å²) in [5.74, 6) is 1.13. The van der Waals surface area contributed by atoms with E-state index in [1.54, 1.807) is 12.1 Å². The second-order valence-corrected chi connectivity index (χ2v) is 10.3. The lowest BCUT2D eigenvalue weighted by Gasteiger charge is -2.09. The maximum Gasteiger partial charge on any atom is 0.224 e. The number of hydrogen-bond donors (Lipinski definition) is 1. The number of halogens is 1. The van der Waals surface area contributed by atoms with Gasteiger partial charge in [-0.05, 0) is 61.2 Å². The zero-order valence-corrected chi connectivity index (χ0v) is 17.9. The SMILES string of the molecule is O=C(CCCCC1CCSS1)Nc1ccc2c(ccn2Cc2ccc(F)cc2)c1. The second-order valence-electron chi connectivity index (χ2n) is 7.47. The van der Waals surface area contributed by atoms with E-state index in [0.717, 1.165) is 40.2 Å². The number of anilines is 1. The van der Waals surface area contributed by atoms with Crippen LogP contribution in [0, 0.1) is 5.82 Å². The minimum Gasteiger partial charge on any atom is -0.343 e. The maximum atomic E-state index is 13.1. The third-order valence-corrected chi connectivity index (χ3v) is 8.23. The van der Waals surface area contributed by atoms with Gasteiger partial charge in [0.05, 0.1) is 0 Å². The Kier molecular flexibility index (Phi) is 6.82. The third kappa shape index (κ3) is 5.58. The molecule has 0 bridgehead atoms. The topological polar surface area (TPSA) is 34.0 Å². The van der Waals surface area contributed by atoms with Gasteiger partial charge in [0.2, 0.25) is 5.91 Å². The van der Waals surface area contributed by atoms with Gasteiger partial charge in [-0.25, -0.2) is 4.39 Å². The van der Waals surface area contributed by atoms with Crippen molar-refractivity contribution in [2.75, 3.05) is 11.1 Å². The van der Waals surface area contributed by atoms with E-state index in [1.165, 1.54) is 30.7 Å². The summed E-state index contributed by atoms with van der Waals surface area (Å²) in [6.45, 7) is 0.688. The van der Waals surface area contributed by atoms with Crippen LogP contribution in [0.1, 0.15) is 37.7 Å². The van der Waals surface area contributed by atoms with E-state index < -0.39 is 0 Å². The number of benzene rings is 2. The van der Waals surface area contributed by atoms with Gasteiger partial charge in [0.15, 0.2) is 0 Å². The molecule has 0 radical (unpaired) electrons. The molecule has 0 saturated carbocycles. The Hall–Kier alpha value is -1.92. The quantitative estimate of drug-likeness (QED) is 0.329. The summed E-state index contributed by atoms with van der Waals surface area (Å²) in [4.78, 5) is 12.3. The van der Waals surface area contributed by atoms with E-state index in [1.807, 2.05) is 52.1 Å². The van der Waals surface area contributed by atoms with E-state index in [0.29, 0.717) is 13.0 Å². The van der Waals surface area contributed by atoms with E-state index in [-0.39, 0.29) is 11.7 Å². The molecule has 0 aliphatic carbocycles. The lowest BCUT2D eigenvalue weighted by Crippen LogP contribution is -2.11. The van der Waals surface area contributed by atoms with Gasteiger partial charge >= 0.3 is 0 Å². The van der Waals surface area contributed by atoms with Crippen LogP contribution in [0.5, 0.6) is 0 Å². The number of fused-ring (bicyclic) bond motifs is 1. The van der Waals surface area contributed by atoms with Crippen LogP contribution in [0.3, 0.4) is 0 Å². The summed E-state index contributed by atoms with van der Waals surface area (Å²) >= 11 is 0. The molecule has 1 atom stereocenters. The summed E-state index contributed by atoms with van der Waals surface area (Å²) in [6.07, 6.45) is 7.20. The smallest absolute Gasteiger partial charge is 0.224 e. The highest BCUT2D eigenvalue weighted by Crippen LogP contribution is 2.39. The predicted molar refractivity (Wildman–Crippen MR) is 123 cm³/mol. The fourth-order valence-corrected chi connectivity index (χ4v) is 6.68. The number of nitrogens with zero attached hydrogens (tertiary/aromatic N) is 1. The van der Waals surface area contributed by atoms with E-state index in [2.05, 4.69) is 9.88 Å². The Bertz CT molecular complexity index is 965. The van der Waals surface area contributed by atoms with Crippen LogP contribution in [0.25, 0.3) is 10.9 Å². The van der Waals surface area contributed by atoms with Crippen molar-refractivity contribution in [2.45, 2.75) is 43.9 Å². The Morgan fingerprint density at radius 3 is 2.79 bits per heavy atom. The Morgan fingerprint density at radius 2 is 2.00 bits per heavy atom. The summed E-state index contributed by atoms with van der Waals surface area (Å²) < 4.78 is 15.2. The van der Waals surface area contributed by atoms with Gasteiger partial charge in [0, 0.05) is 46.8 Å². The molecule has 1 aliphatic heterocycles. The summed E-state index contributed by atoms with van der Waals surface area (Å²) in [5.41, 5.74) is 2.99. The number of amides is 1. The van der Waals surface area contributed by atoms with Gasteiger partial charge in [-0.1, -0.05) is 40.1 Å². The summed E-state index contributed by atoms with van der Waals surface area (Å²) in [7, 11) is 3.98. The summed E-state index contributed by atoms with van der Waals surface area (Å²) in [6, 6.07) is 14.6. The van der Waals surface area contributed by atoms with Crippen molar-refractivity contribution in [3.05, 3.63) is 66.1 Å².